The van der Waals surface area contributed by atoms with E-state index in [-0.39, 0.29) is 30.9 Å². The van der Waals surface area contributed by atoms with E-state index < -0.39 is 5.91 Å². The summed E-state index contributed by atoms with van der Waals surface area (Å²) >= 11 is 5.48. The number of amides is 2. The molecule has 0 rings (SSSR count). The van der Waals surface area contributed by atoms with Gasteiger partial charge in [-0.3, -0.25) is 9.59 Å². The monoisotopic (exact) mass is 222 g/mol. The number of nitrogens with one attached hydrogen (secondary N) is 1. The second-order valence-corrected chi connectivity index (χ2v) is 3.17. The van der Waals surface area contributed by atoms with Gasteiger partial charge in [-0.2, -0.15) is 0 Å². The molecule has 0 saturated heterocycles. The van der Waals surface area contributed by atoms with E-state index in [0.29, 0.717) is 6.54 Å². The van der Waals surface area contributed by atoms with Crippen LogP contribution in [0, 0.1) is 5.92 Å². The molecule has 0 aromatic carbocycles. The van der Waals surface area contributed by atoms with Crippen molar-refractivity contribution in [2.45, 2.75) is 6.92 Å². The molecule has 2 amide bonds. The van der Waals surface area contributed by atoms with E-state index >= 15 is 0 Å². The van der Waals surface area contributed by atoms with E-state index in [9.17, 15) is 9.59 Å². The summed E-state index contributed by atoms with van der Waals surface area (Å²) in [5, 5.41) is 2.61. The Bertz CT molecular complexity index is 199. The molecule has 6 heteroatoms. The van der Waals surface area contributed by atoms with E-state index in [1.165, 1.54) is 0 Å². The maximum absolute atomic E-state index is 11.1. The number of alkyl halides is 1. The zero-order valence-corrected chi connectivity index (χ0v) is 8.84. The lowest BCUT2D eigenvalue weighted by Gasteiger charge is -2.08. The number of carbonyl (C=O) groups excluding carboxylic acids is 2. The largest absolute Gasteiger partial charge is 0.370 e. The molecule has 0 aromatic heterocycles. The maximum Gasteiger partial charge on any atom is 0.243 e. The third-order valence-corrected chi connectivity index (χ3v) is 1.93. The standard InChI is InChI=1S/C8H15ClN2O3/c1-6(4-9)8(13)11-2-3-14-5-7(10)12/h6H,2-5H2,1H3,(H2,10,12)(H,11,13). The van der Waals surface area contributed by atoms with Gasteiger partial charge in [-0.05, 0) is 0 Å². The van der Waals surface area contributed by atoms with Crippen LogP contribution in [0.25, 0.3) is 0 Å². The molecule has 0 spiro atoms. The Morgan fingerprint density at radius 2 is 2.21 bits per heavy atom. The van der Waals surface area contributed by atoms with Crippen LogP contribution in [0.3, 0.4) is 0 Å². The summed E-state index contributed by atoms with van der Waals surface area (Å²) in [5.41, 5.74) is 4.84. The summed E-state index contributed by atoms with van der Waals surface area (Å²) in [6, 6.07) is 0. The molecule has 0 aliphatic rings. The number of nitrogens with two attached hydrogens (primary N) is 1. The van der Waals surface area contributed by atoms with Crippen LogP contribution in [0.2, 0.25) is 0 Å². The summed E-state index contributed by atoms with van der Waals surface area (Å²) in [4.78, 5) is 21.4. The quantitative estimate of drug-likeness (QED) is 0.449. The number of carbonyl (C=O) groups is 2. The molecule has 14 heavy (non-hydrogen) atoms. The molecule has 0 aromatic rings. The van der Waals surface area contributed by atoms with Crippen molar-refractivity contribution in [2.75, 3.05) is 25.6 Å². The highest BCUT2D eigenvalue weighted by Gasteiger charge is 2.09. The number of primary amides is 1. The summed E-state index contributed by atoms with van der Waals surface area (Å²) in [6.07, 6.45) is 0. The minimum Gasteiger partial charge on any atom is -0.370 e. The molecule has 0 saturated carbocycles. The molecule has 3 N–H and O–H groups in total. The maximum atomic E-state index is 11.1. The second-order valence-electron chi connectivity index (χ2n) is 2.87. The molecule has 1 atom stereocenters. The minimum atomic E-state index is -0.523. The van der Waals surface area contributed by atoms with Gasteiger partial charge in [-0.25, -0.2) is 0 Å². The first kappa shape index (κ1) is 13.2. The third kappa shape index (κ3) is 6.68. The molecular formula is C8H15ClN2O3. The summed E-state index contributed by atoms with van der Waals surface area (Å²) in [7, 11) is 0. The van der Waals surface area contributed by atoms with Crippen LogP contribution in [0.15, 0.2) is 0 Å². The van der Waals surface area contributed by atoms with Crippen molar-refractivity contribution in [3.63, 3.8) is 0 Å². The van der Waals surface area contributed by atoms with Crippen LogP contribution >= 0.6 is 11.6 Å². The Labute approximate surface area is 87.9 Å². The van der Waals surface area contributed by atoms with Crippen LogP contribution in [0.5, 0.6) is 0 Å². The molecule has 0 heterocycles. The predicted molar refractivity (Wildman–Crippen MR) is 52.9 cm³/mol. The fourth-order valence-corrected chi connectivity index (χ4v) is 0.804. The minimum absolute atomic E-state index is 0.123. The smallest absolute Gasteiger partial charge is 0.243 e. The Morgan fingerprint density at radius 3 is 2.71 bits per heavy atom. The number of ether oxygens (including phenoxy) is 1. The van der Waals surface area contributed by atoms with Crippen molar-refractivity contribution in [2.24, 2.45) is 11.7 Å². The first-order valence-electron chi connectivity index (χ1n) is 4.27. The van der Waals surface area contributed by atoms with Crippen LogP contribution in [0.4, 0.5) is 0 Å². The summed E-state index contributed by atoms with van der Waals surface area (Å²) in [6.45, 7) is 2.23. The highest BCUT2D eigenvalue weighted by Crippen LogP contribution is 1.96. The first-order valence-corrected chi connectivity index (χ1v) is 4.81. The lowest BCUT2D eigenvalue weighted by molar-refractivity contribution is -0.124. The summed E-state index contributed by atoms with van der Waals surface area (Å²) in [5.74, 6) is -0.575. The highest BCUT2D eigenvalue weighted by atomic mass is 35.5. The van der Waals surface area contributed by atoms with Gasteiger partial charge < -0.3 is 15.8 Å². The summed E-state index contributed by atoms with van der Waals surface area (Å²) < 4.78 is 4.84. The second kappa shape index (κ2) is 7.58. The SMILES string of the molecule is CC(CCl)C(=O)NCCOCC(N)=O. The molecule has 1 unspecified atom stereocenters. The van der Waals surface area contributed by atoms with Gasteiger partial charge in [0.05, 0.1) is 6.61 Å². The van der Waals surface area contributed by atoms with Crippen molar-refractivity contribution in [1.82, 2.24) is 5.32 Å². The number of hydrogen-bond donors (Lipinski definition) is 2. The predicted octanol–water partition coefficient (Wildman–Crippen LogP) is -0.521. The lowest BCUT2D eigenvalue weighted by Crippen LogP contribution is -2.33. The van der Waals surface area contributed by atoms with Crippen molar-refractivity contribution in [3.05, 3.63) is 0 Å². The van der Waals surface area contributed by atoms with Crippen molar-refractivity contribution in [3.8, 4) is 0 Å². The Hall–Kier alpha value is -0.810. The zero-order valence-electron chi connectivity index (χ0n) is 8.09. The molecule has 5 nitrogen and oxygen atoms in total. The van der Waals surface area contributed by atoms with Gasteiger partial charge in [-0.15, -0.1) is 11.6 Å². The molecule has 0 fully saturated rings. The van der Waals surface area contributed by atoms with Crippen LogP contribution in [-0.4, -0.2) is 37.5 Å². The van der Waals surface area contributed by atoms with Crippen molar-refractivity contribution >= 4 is 23.4 Å². The van der Waals surface area contributed by atoms with E-state index in [1.807, 2.05) is 0 Å². The normalized spacial score (nSPS) is 12.1. The average molecular weight is 223 g/mol. The van der Waals surface area contributed by atoms with Gasteiger partial charge in [0, 0.05) is 18.3 Å². The van der Waals surface area contributed by atoms with Crippen LogP contribution < -0.4 is 11.1 Å². The van der Waals surface area contributed by atoms with Crippen molar-refractivity contribution < 1.29 is 14.3 Å². The van der Waals surface area contributed by atoms with E-state index in [4.69, 9.17) is 22.1 Å². The van der Waals surface area contributed by atoms with Gasteiger partial charge in [-0.1, -0.05) is 6.92 Å². The molecule has 0 aliphatic carbocycles. The van der Waals surface area contributed by atoms with Gasteiger partial charge in [0.15, 0.2) is 0 Å². The topological polar surface area (TPSA) is 81.4 Å². The van der Waals surface area contributed by atoms with E-state index in [2.05, 4.69) is 5.32 Å². The highest BCUT2D eigenvalue weighted by molar-refractivity contribution is 6.19. The fourth-order valence-electron chi connectivity index (χ4n) is 0.663. The average Bonchev–Trinajstić information content (AvgIpc) is 2.15. The first-order chi connectivity index (χ1) is 6.57. The van der Waals surface area contributed by atoms with E-state index in [1.54, 1.807) is 6.92 Å². The Balaban J connectivity index is 3.36. The Morgan fingerprint density at radius 1 is 1.57 bits per heavy atom. The van der Waals surface area contributed by atoms with Crippen LogP contribution in [0.1, 0.15) is 6.92 Å². The van der Waals surface area contributed by atoms with Gasteiger partial charge >= 0.3 is 0 Å². The Kier molecular flexibility index (Phi) is 7.14. The molecule has 0 radical (unpaired) electrons. The molecular weight excluding hydrogens is 208 g/mol. The van der Waals surface area contributed by atoms with E-state index in [0.717, 1.165) is 0 Å². The lowest BCUT2D eigenvalue weighted by atomic mass is 10.2. The molecule has 82 valence electrons. The van der Waals surface area contributed by atoms with Gasteiger partial charge in [0.1, 0.15) is 6.61 Å². The van der Waals surface area contributed by atoms with Crippen molar-refractivity contribution in [1.29, 1.82) is 0 Å². The number of hydrogen-bond acceptors (Lipinski definition) is 3. The number of halogens is 1. The third-order valence-electron chi connectivity index (χ3n) is 1.47. The van der Waals surface area contributed by atoms with Gasteiger partial charge in [0.2, 0.25) is 11.8 Å². The molecule has 0 aliphatic heterocycles. The number of rotatable bonds is 7. The zero-order chi connectivity index (χ0) is 11.0. The fraction of sp³-hybridized carbons (Fsp3) is 0.750. The van der Waals surface area contributed by atoms with Gasteiger partial charge in [0.25, 0.3) is 0 Å². The molecule has 0 bridgehead atoms. The van der Waals surface area contributed by atoms with Crippen LogP contribution in [-0.2, 0) is 14.3 Å².